The summed E-state index contributed by atoms with van der Waals surface area (Å²) in [5.74, 6) is 0.717. The molecular formula is C19H24O4. The van der Waals surface area contributed by atoms with E-state index in [0.717, 1.165) is 5.56 Å². The Morgan fingerprint density at radius 2 is 2.09 bits per heavy atom. The third-order valence-electron chi connectivity index (χ3n) is 3.81. The van der Waals surface area contributed by atoms with Crippen LogP contribution in [0.1, 0.15) is 25.8 Å². The Kier molecular flexibility index (Phi) is 6.13. The van der Waals surface area contributed by atoms with Crippen LogP contribution in [0.25, 0.3) is 0 Å². The molecule has 1 aliphatic carbocycles. The van der Waals surface area contributed by atoms with Crippen LogP contribution < -0.4 is 0 Å². The van der Waals surface area contributed by atoms with Gasteiger partial charge in [0.25, 0.3) is 0 Å². The normalized spacial score (nSPS) is 22.4. The van der Waals surface area contributed by atoms with E-state index in [-0.39, 0.29) is 12.4 Å². The summed E-state index contributed by atoms with van der Waals surface area (Å²) in [6, 6.07) is 9.79. The molecular weight excluding hydrogens is 292 g/mol. The van der Waals surface area contributed by atoms with Crippen LogP contribution in [0.15, 0.2) is 54.3 Å². The summed E-state index contributed by atoms with van der Waals surface area (Å²) >= 11 is 0. The summed E-state index contributed by atoms with van der Waals surface area (Å²) in [5, 5.41) is 9.99. The van der Waals surface area contributed by atoms with Crippen LogP contribution in [0, 0.1) is 5.41 Å². The van der Waals surface area contributed by atoms with Crippen molar-refractivity contribution in [2.45, 2.75) is 33.0 Å². The molecule has 2 rings (SSSR count). The Morgan fingerprint density at radius 3 is 2.78 bits per heavy atom. The first-order valence-corrected chi connectivity index (χ1v) is 7.90. The lowest BCUT2D eigenvalue weighted by molar-refractivity contribution is -0.119. The maximum absolute atomic E-state index is 12.1. The molecule has 4 heteroatoms. The zero-order valence-electron chi connectivity index (χ0n) is 13.7. The number of aliphatic hydroxyl groups excluding tert-OH is 1. The van der Waals surface area contributed by atoms with Crippen molar-refractivity contribution < 1.29 is 19.4 Å². The Bertz CT molecular complexity index is 576. The van der Waals surface area contributed by atoms with Gasteiger partial charge in [-0.3, -0.25) is 4.79 Å². The standard InChI is InChI=1S/C19H24O4/c1-3-23-17-11-18(21)19(2,12-17)10-9-16(20)14-22-13-15-7-5-4-6-8-15/h4-11,16,20H,3,12-14H2,1-2H3/b10-9+/t16-,19-/m1/s1. The Labute approximate surface area is 137 Å². The molecule has 4 nitrogen and oxygen atoms in total. The quantitative estimate of drug-likeness (QED) is 0.749. The second-order valence-electron chi connectivity index (χ2n) is 5.93. The van der Waals surface area contributed by atoms with Crippen molar-refractivity contribution in [3.05, 3.63) is 59.9 Å². The van der Waals surface area contributed by atoms with Crippen molar-refractivity contribution in [2.24, 2.45) is 5.41 Å². The predicted octanol–water partition coefficient (Wildman–Crippen LogP) is 3.02. The molecule has 0 aliphatic heterocycles. The average Bonchev–Trinajstić information content (AvgIpc) is 2.82. The van der Waals surface area contributed by atoms with Gasteiger partial charge < -0.3 is 14.6 Å². The van der Waals surface area contributed by atoms with Crippen molar-refractivity contribution in [1.29, 1.82) is 0 Å². The number of allylic oxidation sites excluding steroid dienone is 3. The van der Waals surface area contributed by atoms with Gasteiger partial charge in [-0.05, 0) is 19.4 Å². The largest absolute Gasteiger partial charge is 0.498 e. The van der Waals surface area contributed by atoms with E-state index in [1.807, 2.05) is 44.2 Å². The van der Waals surface area contributed by atoms with Gasteiger partial charge in [0.1, 0.15) is 5.76 Å². The molecule has 0 heterocycles. The highest BCUT2D eigenvalue weighted by Gasteiger charge is 2.36. The van der Waals surface area contributed by atoms with Gasteiger partial charge in [-0.25, -0.2) is 0 Å². The molecule has 0 radical (unpaired) electrons. The highest BCUT2D eigenvalue weighted by atomic mass is 16.5. The highest BCUT2D eigenvalue weighted by Crippen LogP contribution is 2.36. The SMILES string of the molecule is CCOC1=CC(=O)[C@](C)(/C=C/[C@@H](O)COCc2ccccc2)C1. The minimum atomic E-state index is -0.737. The van der Waals surface area contributed by atoms with E-state index in [4.69, 9.17) is 9.47 Å². The number of ether oxygens (including phenoxy) is 2. The molecule has 23 heavy (non-hydrogen) atoms. The van der Waals surface area contributed by atoms with E-state index in [0.29, 0.717) is 25.4 Å². The summed E-state index contributed by atoms with van der Waals surface area (Å²) in [6.07, 6.45) is 4.74. The number of benzene rings is 1. The molecule has 0 saturated heterocycles. The second kappa shape index (κ2) is 8.09. The van der Waals surface area contributed by atoms with Gasteiger partial charge in [-0.2, -0.15) is 0 Å². The number of rotatable bonds is 8. The van der Waals surface area contributed by atoms with Crippen LogP contribution in [0.4, 0.5) is 0 Å². The van der Waals surface area contributed by atoms with Gasteiger partial charge in [-0.1, -0.05) is 42.5 Å². The lowest BCUT2D eigenvalue weighted by Crippen LogP contribution is -2.21. The van der Waals surface area contributed by atoms with E-state index in [1.165, 1.54) is 0 Å². The van der Waals surface area contributed by atoms with Gasteiger partial charge in [0.05, 0.1) is 31.3 Å². The smallest absolute Gasteiger partial charge is 0.169 e. The van der Waals surface area contributed by atoms with E-state index in [2.05, 4.69) is 0 Å². The number of ketones is 1. The maximum Gasteiger partial charge on any atom is 0.169 e. The molecule has 124 valence electrons. The Balaban J connectivity index is 1.79. The van der Waals surface area contributed by atoms with Crippen molar-refractivity contribution in [1.82, 2.24) is 0 Å². The van der Waals surface area contributed by atoms with E-state index in [9.17, 15) is 9.90 Å². The van der Waals surface area contributed by atoms with Crippen molar-refractivity contribution in [3.63, 3.8) is 0 Å². The monoisotopic (exact) mass is 316 g/mol. The number of hydrogen-bond donors (Lipinski definition) is 1. The van der Waals surface area contributed by atoms with Crippen LogP contribution in [0.5, 0.6) is 0 Å². The first-order chi connectivity index (χ1) is 11.0. The van der Waals surface area contributed by atoms with Crippen LogP contribution in [0.3, 0.4) is 0 Å². The van der Waals surface area contributed by atoms with Gasteiger partial charge in [-0.15, -0.1) is 0 Å². The topological polar surface area (TPSA) is 55.8 Å². The minimum absolute atomic E-state index is 0.00889. The fraction of sp³-hybridized carbons (Fsp3) is 0.421. The third kappa shape index (κ3) is 5.05. The summed E-state index contributed by atoms with van der Waals surface area (Å²) in [4.78, 5) is 12.1. The predicted molar refractivity (Wildman–Crippen MR) is 88.7 cm³/mol. The first-order valence-electron chi connectivity index (χ1n) is 7.90. The number of aliphatic hydroxyl groups is 1. The zero-order chi connectivity index (χ0) is 16.7. The van der Waals surface area contributed by atoms with E-state index >= 15 is 0 Å². The van der Waals surface area contributed by atoms with Crippen LogP contribution in [0.2, 0.25) is 0 Å². The minimum Gasteiger partial charge on any atom is -0.498 e. The van der Waals surface area contributed by atoms with Crippen molar-refractivity contribution >= 4 is 5.78 Å². The number of carbonyl (C=O) groups excluding carboxylic acids is 1. The van der Waals surface area contributed by atoms with Gasteiger partial charge in [0.15, 0.2) is 5.78 Å². The summed E-state index contributed by atoms with van der Waals surface area (Å²) in [5.41, 5.74) is 0.428. The molecule has 0 fully saturated rings. The lowest BCUT2D eigenvalue weighted by Gasteiger charge is -2.18. The molecule has 0 saturated carbocycles. The van der Waals surface area contributed by atoms with Crippen molar-refractivity contribution in [2.75, 3.05) is 13.2 Å². The third-order valence-corrected chi connectivity index (χ3v) is 3.81. The van der Waals surface area contributed by atoms with Crippen LogP contribution in [-0.2, 0) is 20.9 Å². The van der Waals surface area contributed by atoms with Gasteiger partial charge in [0.2, 0.25) is 0 Å². The highest BCUT2D eigenvalue weighted by molar-refractivity contribution is 5.99. The summed E-state index contributed by atoms with van der Waals surface area (Å²) in [6.45, 7) is 4.95. The molecule has 0 unspecified atom stereocenters. The average molecular weight is 316 g/mol. The molecule has 0 amide bonds. The first kappa shape index (κ1) is 17.4. The summed E-state index contributed by atoms with van der Waals surface area (Å²) in [7, 11) is 0. The lowest BCUT2D eigenvalue weighted by atomic mass is 9.86. The van der Waals surface area contributed by atoms with Crippen LogP contribution >= 0.6 is 0 Å². The van der Waals surface area contributed by atoms with Gasteiger partial charge >= 0.3 is 0 Å². The fourth-order valence-corrected chi connectivity index (χ4v) is 2.48. The molecule has 0 aromatic heterocycles. The van der Waals surface area contributed by atoms with Crippen molar-refractivity contribution in [3.8, 4) is 0 Å². The van der Waals surface area contributed by atoms with E-state index in [1.54, 1.807) is 18.2 Å². The van der Waals surface area contributed by atoms with Gasteiger partial charge in [0, 0.05) is 12.5 Å². The molecule has 1 aliphatic rings. The number of carbonyl (C=O) groups is 1. The number of hydrogen-bond acceptors (Lipinski definition) is 4. The zero-order valence-corrected chi connectivity index (χ0v) is 13.7. The molecule has 2 atom stereocenters. The van der Waals surface area contributed by atoms with Crippen LogP contribution in [-0.4, -0.2) is 30.2 Å². The molecule has 0 bridgehead atoms. The Morgan fingerprint density at radius 1 is 1.35 bits per heavy atom. The Hall–Kier alpha value is -1.91. The summed E-state index contributed by atoms with van der Waals surface area (Å²) < 4.78 is 10.9. The van der Waals surface area contributed by atoms with E-state index < -0.39 is 11.5 Å². The molecule has 0 spiro atoms. The maximum atomic E-state index is 12.1. The fourth-order valence-electron chi connectivity index (χ4n) is 2.48. The molecule has 1 N–H and O–H groups in total. The molecule has 1 aromatic carbocycles. The molecule has 1 aromatic rings. The second-order valence-corrected chi connectivity index (χ2v) is 5.93.